The largest absolute Gasteiger partial charge is 0.486 e. The zero-order chi connectivity index (χ0) is 16.1. The molecule has 0 unspecified atom stereocenters. The zero-order valence-electron chi connectivity index (χ0n) is 12.6. The standard InChI is InChI=1S/C18H17Cl2NO/c1-4-8-22-18-15(19)9-14(10-16(18)20)11-21-17-7-5-6-12(2)13(17)3/h4-7,9-11H,1,8H2,2-3H3. The van der Waals surface area contributed by atoms with Crippen LogP contribution in [-0.2, 0) is 0 Å². The molecule has 0 heterocycles. The normalized spacial score (nSPS) is 10.9. The number of rotatable bonds is 5. The van der Waals surface area contributed by atoms with E-state index in [-0.39, 0.29) is 0 Å². The van der Waals surface area contributed by atoms with E-state index in [1.807, 2.05) is 19.1 Å². The zero-order valence-corrected chi connectivity index (χ0v) is 14.1. The van der Waals surface area contributed by atoms with E-state index < -0.39 is 0 Å². The molecule has 0 atom stereocenters. The first-order valence-electron chi connectivity index (χ1n) is 6.86. The van der Waals surface area contributed by atoms with Gasteiger partial charge in [-0.25, -0.2) is 0 Å². The minimum atomic E-state index is 0.357. The van der Waals surface area contributed by atoms with Crippen molar-refractivity contribution in [1.82, 2.24) is 0 Å². The highest BCUT2D eigenvalue weighted by Gasteiger charge is 2.08. The van der Waals surface area contributed by atoms with Crippen molar-refractivity contribution in [2.75, 3.05) is 6.61 Å². The quantitative estimate of drug-likeness (QED) is 0.491. The Morgan fingerprint density at radius 1 is 1.18 bits per heavy atom. The highest BCUT2D eigenvalue weighted by molar-refractivity contribution is 6.37. The number of ether oxygens (including phenoxy) is 1. The van der Waals surface area contributed by atoms with Gasteiger partial charge in [0.05, 0.1) is 15.7 Å². The molecular formula is C18H17Cl2NO. The molecule has 0 bridgehead atoms. The minimum Gasteiger partial charge on any atom is -0.486 e. The van der Waals surface area contributed by atoms with Crippen molar-refractivity contribution in [3.8, 4) is 5.75 Å². The predicted molar refractivity (Wildman–Crippen MR) is 95.3 cm³/mol. The van der Waals surface area contributed by atoms with Crippen LogP contribution in [0.2, 0.25) is 10.0 Å². The Hall–Kier alpha value is -1.77. The molecule has 2 nitrogen and oxygen atoms in total. The van der Waals surface area contributed by atoms with Gasteiger partial charge < -0.3 is 4.74 Å². The number of halogens is 2. The van der Waals surface area contributed by atoms with E-state index in [1.54, 1.807) is 24.4 Å². The number of aryl methyl sites for hydroxylation is 1. The summed E-state index contributed by atoms with van der Waals surface area (Å²) in [6.07, 6.45) is 3.39. The molecule has 2 aromatic carbocycles. The molecule has 114 valence electrons. The topological polar surface area (TPSA) is 21.6 Å². The Morgan fingerprint density at radius 2 is 1.86 bits per heavy atom. The first-order valence-corrected chi connectivity index (χ1v) is 7.61. The number of hydrogen-bond donors (Lipinski definition) is 0. The van der Waals surface area contributed by atoms with Crippen molar-refractivity contribution in [3.05, 3.63) is 69.7 Å². The molecule has 0 radical (unpaired) electrons. The molecule has 0 amide bonds. The third kappa shape index (κ3) is 3.90. The minimum absolute atomic E-state index is 0.357. The van der Waals surface area contributed by atoms with Crippen LogP contribution < -0.4 is 4.74 Å². The van der Waals surface area contributed by atoms with Gasteiger partial charge in [0, 0.05) is 6.21 Å². The van der Waals surface area contributed by atoms with Crippen LogP contribution in [0, 0.1) is 13.8 Å². The van der Waals surface area contributed by atoms with Crippen LogP contribution in [0.3, 0.4) is 0 Å². The molecule has 0 N–H and O–H groups in total. The van der Waals surface area contributed by atoms with Crippen molar-refractivity contribution in [3.63, 3.8) is 0 Å². The van der Waals surface area contributed by atoms with Gasteiger partial charge >= 0.3 is 0 Å². The Bertz CT molecular complexity index is 700. The van der Waals surface area contributed by atoms with Crippen LogP contribution in [0.15, 0.2) is 48.0 Å². The smallest absolute Gasteiger partial charge is 0.156 e. The summed E-state index contributed by atoms with van der Waals surface area (Å²) in [5, 5.41) is 0.911. The molecule has 0 aromatic heterocycles. The second kappa shape index (κ2) is 7.48. The van der Waals surface area contributed by atoms with Crippen molar-refractivity contribution in [1.29, 1.82) is 0 Å². The van der Waals surface area contributed by atoms with Crippen molar-refractivity contribution >= 4 is 35.1 Å². The van der Waals surface area contributed by atoms with Crippen molar-refractivity contribution < 1.29 is 4.74 Å². The summed E-state index contributed by atoms with van der Waals surface area (Å²) in [5.41, 5.74) is 4.11. The predicted octanol–water partition coefficient (Wildman–Crippen LogP) is 5.93. The molecule has 0 saturated heterocycles. The molecule has 0 aliphatic rings. The summed E-state index contributed by atoms with van der Waals surface area (Å²) in [6, 6.07) is 9.58. The third-order valence-corrected chi connectivity index (χ3v) is 3.86. The third-order valence-electron chi connectivity index (χ3n) is 3.29. The van der Waals surface area contributed by atoms with Crippen molar-refractivity contribution in [2.45, 2.75) is 13.8 Å². The first-order chi connectivity index (χ1) is 10.5. The highest BCUT2D eigenvalue weighted by atomic mass is 35.5. The first kappa shape index (κ1) is 16.6. The second-order valence-corrected chi connectivity index (χ2v) is 5.70. The van der Waals surface area contributed by atoms with Gasteiger partial charge in [0.15, 0.2) is 5.75 Å². The molecule has 22 heavy (non-hydrogen) atoms. The summed E-state index contributed by atoms with van der Waals surface area (Å²) in [5.74, 6) is 0.465. The number of aliphatic imine (C=N–C) groups is 1. The van der Waals surface area contributed by atoms with Gasteiger partial charge in [-0.15, -0.1) is 0 Å². The van der Waals surface area contributed by atoms with Crippen LogP contribution in [0.25, 0.3) is 0 Å². The maximum Gasteiger partial charge on any atom is 0.156 e. The van der Waals surface area contributed by atoms with E-state index in [0.717, 1.165) is 16.8 Å². The fourth-order valence-corrected chi connectivity index (χ4v) is 2.57. The summed E-state index contributed by atoms with van der Waals surface area (Å²) >= 11 is 12.4. The molecule has 0 fully saturated rings. The van der Waals surface area contributed by atoms with E-state index in [1.165, 1.54) is 5.56 Å². The van der Waals surface area contributed by atoms with Crippen LogP contribution in [-0.4, -0.2) is 12.8 Å². The Kier molecular flexibility index (Phi) is 5.64. The summed E-state index contributed by atoms with van der Waals surface area (Å²) < 4.78 is 5.44. The Morgan fingerprint density at radius 3 is 2.50 bits per heavy atom. The SMILES string of the molecule is C=CCOc1c(Cl)cc(C=Nc2cccc(C)c2C)cc1Cl. The lowest BCUT2D eigenvalue weighted by Gasteiger charge is -2.09. The number of nitrogens with zero attached hydrogens (tertiary/aromatic N) is 1. The van der Waals surface area contributed by atoms with Crippen LogP contribution in [0.4, 0.5) is 5.69 Å². The molecule has 4 heteroatoms. The lowest BCUT2D eigenvalue weighted by molar-refractivity contribution is 0.363. The molecule has 0 spiro atoms. The molecule has 0 aliphatic carbocycles. The van der Waals surface area contributed by atoms with Crippen LogP contribution in [0.5, 0.6) is 5.75 Å². The Labute approximate surface area is 141 Å². The van der Waals surface area contributed by atoms with E-state index in [9.17, 15) is 0 Å². The lowest BCUT2D eigenvalue weighted by Crippen LogP contribution is -1.95. The van der Waals surface area contributed by atoms with Gasteiger partial charge in [-0.2, -0.15) is 0 Å². The lowest BCUT2D eigenvalue weighted by atomic mass is 10.1. The summed E-state index contributed by atoms with van der Waals surface area (Å²) in [7, 11) is 0. The molecule has 0 saturated carbocycles. The second-order valence-electron chi connectivity index (χ2n) is 4.89. The van der Waals surface area contributed by atoms with E-state index in [2.05, 4.69) is 24.6 Å². The van der Waals surface area contributed by atoms with Gasteiger partial charge in [-0.3, -0.25) is 4.99 Å². The van der Waals surface area contributed by atoms with Gasteiger partial charge in [-0.1, -0.05) is 48.0 Å². The van der Waals surface area contributed by atoms with E-state index in [0.29, 0.717) is 22.4 Å². The molecular weight excluding hydrogens is 317 g/mol. The highest BCUT2D eigenvalue weighted by Crippen LogP contribution is 2.34. The molecule has 2 aromatic rings. The van der Waals surface area contributed by atoms with E-state index >= 15 is 0 Å². The van der Waals surface area contributed by atoms with Crippen LogP contribution in [0.1, 0.15) is 16.7 Å². The van der Waals surface area contributed by atoms with Crippen LogP contribution >= 0.6 is 23.2 Å². The number of benzene rings is 2. The summed E-state index contributed by atoms with van der Waals surface area (Å²) in [4.78, 5) is 4.51. The maximum atomic E-state index is 6.20. The van der Waals surface area contributed by atoms with Gasteiger partial charge in [0.1, 0.15) is 6.61 Å². The number of hydrogen-bond acceptors (Lipinski definition) is 2. The fourth-order valence-electron chi connectivity index (χ4n) is 1.95. The average Bonchev–Trinajstić information content (AvgIpc) is 2.48. The molecule has 0 aliphatic heterocycles. The fraction of sp³-hybridized carbons (Fsp3) is 0.167. The van der Waals surface area contributed by atoms with E-state index in [4.69, 9.17) is 27.9 Å². The monoisotopic (exact) mass is 333 g/mol. The Balaban J connectivity index is 2.28. The maximum absolute atomic E-state index is 6.20. The van der Waals surface area contributed by atoms with Crippen molar-refractivity contribution in [2.24, 2.45) is 4.99 Å². The summed E-state index contributed by atoms with van der Waals surface area (Å²) in [6.45, 7) is 8.07. The molecule has 2 rings (SSSR count). The average molecular weight is 334 g/mol. The van der Waals surface area contributed by atoms with Gasteiger partial charge in [0.2, 0.25) is 0 Å². The van der Waals surface area contributed by atoms with Gasteiger partial charge in [-0.05, 0) is 48.7 Å². The van der Waals surface area contributed by atoms with Gasteiger partial charge in [0.25, 0.3) is 0 Å².